The van der Waals surface area contributed by atoms with Gasteiger partial charge in [-0.25, -0.2) is 8.91 Å². The molecule has 0 saturated heterocycles. The molecule has 1 atom stereocenters. The minimum atomic E-state index is -0.702. The number of hydrogen-bond donors (Lipinski definition) is 2. The summed E-state index contributed by atoms with van der Waals surface area (Å²) >= 11 is 0. The summed E-state index contributed by atoms with van der Waals surface area (Å²) in [6.07, 6.45) is 5.52. The molecule has 38 heavy (non-hydrogen) atoms. The summed E-state index contributed by atoms with van der Waals surface area (Å²) < 4.78 is 17.4. The molecule has 1 fully saturated rings. The quantitative estimate of drug-likeness (QED) is 0.313. The number of carbonyl (C=O) groups excluding carboxylic acids is 2. The number of fused-ring (bicyclic) bond motifs is 2. The number of aryl methyl sites for hydroxylation is 1. The van der Waals surface area contributed by atoms with Gasteiger partial charge in [0.05, 0.1) is 5.56 Å². The van der Waals surface area contributed by atoms with Crippen molar-refractivity contribution in [1.29, 1.82) is 0 Å². The van der Waals surface area contributed by atoms with Crippen LogP contribution < -0.4 is 10.6 Å². The lowest BCUT2D eigenvalue weighted by Gasteiger charge is -2.17. The lowest BCUT2D eigenvalue weighted by Crippen LogP contribution is -2.31. The molecule has 0 radical (unpaired) electrons. The standard InChI is InChI=1S/C28H27FN6O2Si/c1-34-15-22(26(37)31-27(38-2)18-4-3-5-20(29)12-18)21-13-17(8-10-23(21)34)19-9-11-24-30-28(33-35(24)14-19)32-25(36)16-6-7-16/h3-5,8-16,27H,6-7,38H2,1-2H3,(H,31,37)(H,32,33,36). The highest BCUT2D eigenvalue weighted by molar-refractivity contribution is 6.36. The molecule has 2 aromatic carbocycles. The van der Waals surface area contributed by atoms with Crippen molar-refractivity contribution >= 4 is 43.8 Å². The van der Waals surface area contributed by atoms with Crippen LogP contribution in [0.3, 0.4) is 0 Å². The van der Waals surface area contributed by atoms with E-state index >= 15 is 0 Å². The van der Waals surface area contributed by atoms with Crippen LogP contribution in [0.2, 0.25) is 6.55 Å². The number of benzene rings is 2. The van der Waals surface area contributed by atoms with Crippen LogP contribution in [0.15, 0.2) is 67.0 Å². The topological polar surface area (TPSA) is 93.3 Å². The largest absolute Gasteiger partial charge is 0.350 e. The Morgan fingerprint density at radius 3 is 2.66 bits per heavy atom. The molecule has 8 nitrogen and oxygen atoms in total. The third kappa shape index (κ3) is 4.58. The van der Waals surface area contributed by atoms with Crippen LogP contribution in [0.1, 0.15) is 34.4 Å². The van der Waals surface area contributed by atoms with E-state index < -0.39 is 9.52 Å². The Balaban J connectivity index is 1.30. The molecule has 1 aliphatic carbocycles. The number of nitrogens with one attached hydrogen (secondary N) is 2. The van der Waals surface area contributed by atoms with Gasteiger partial charge in [-0.1, -0.05) is 24.7 Å². The summed E-state index contributed by atoms with van der Waals surface area (Å²) in [7, 11) is 1.21. The van der Waals surface area contributed by atoms with E-state index in [1.54, 1.807) is 10.6 Å². The number of hydrogen-bond acceptors (Lipinski definition) is 4. The second-order valence-corrected chi connectivity index (χ2v) is 11.4. The molecule has 5 aromatic rings. The van der Waals surface area contributed by atoms with Crippen LogP contribution in [-0.4, -0.2) is 40.5 Å². The molecular weight excluding hydrogens is 499 g/mol. The maximum Gasteiger partial charge on any atom is 0.253 e. The molecule has 2 N–H and O–H groups in total. The molecule has 10 heteroatoms. The lowest BCUT2D eigenvalue weighted by atomic mass is 10.0. The number of halogens is 1. The van der Waals surface area contributed by atoms with Crippen molar-refractivity contribution in [2.45, 2.75) is 25.1 Å². The number of amides is 2. The predicted octanol–water partition coefficient (Wildman–Crippen LogP) is 4.02. The smallest absolute Gasteiger partial charge is 0.253 e. The zero-order valence-corrected chi connectivity index (χ0v) is 22.5. The van der Waals surface area contributed by atoms with Crippen molar-refractivity contribution in [3.8, 4) is 11.1 Å². The monoisotopic (exact) mass is 526 g/mol. The number of aromatic nitrogens is 4. The van der Waals surface area contributed by atoms with Gasteiger partial charge in [-0.05, 0) is 60.4 Å². The number of anilines is 1. The molecule has 0 bridgehead atoms. The van der Waals surface area contributed by atoms with E-state index in [1.165, 1.54) is 12.1 Å². The fourth-order valence-electron chi connectivity index (χ4n) is 4.80. The van der Waals surface area contributed by atoms with Crippen molar-refractivity contribution in [2.24, 2.45) is 13.0 Å². The van der Waals surface area contributed by atoms with E-state index in [9.17, 15) is 14.0 Å². The van der Waals surface area contributed by atoms with Crippen molar-refractivity contribution < 1.29 is 14.0 Å². The molecule has 2 amide bonds. The first kappa shape index (κ1) is 24.0. The molecule has 192 valence electrons. The molecule has 6 rings (SSSR count). The van der Waals surface area contributed by atoms with Crippen LogP contribution in [0, 0.1) is 11.7 Å². The van der Waals surface area contributed by atoms with Crippen molar-refractivity contribution in [1.82, 2.24) is 24.5 Å². The Labute approximate surface area is 220 Å². The van der Waals surface area contributed by atoms with Gasteiger partial charge in [-0.3, -0.25) is 14.9 Å². The summed E-state index contributed by atoms with van der Waals surface area (Å²) in [4.78, 5) is 29.9. The van der Waals surface area contributed by atoms with Crippen LogP contribution in [-0.2, 0) is 11.8 Å². The highest BCUT2D eigenvalue weighted by Gasteiger charge is 2.30. The van der Waals surface area contributed by atoms with E-state index in [4.69, 9.17) is 0 Å². The van der Waals surface area contributed by atoms with Crippen molar-refractivity contribution in [2.75, 3.05) is 5.32 Å². The maximum absolute atomic E-state index is 13.8. The third-order valence-corrected chi connectivity index (χ3v) is 8.54. The number of nitrogens with zero attached hydrogens (tertiary/aromatic N) is 4. The minimum Gasteiger partial charge on any atom is -0.350 e. The second-order valence-electron chi connectivity index (χ2n) is 9.79. The number of pyridine rings is 1. The maximum atomic E-state index is 13.8. The third-order valence-electron chi connectivity index (χ3n) is 7.05. The van der Waals surface area contributed by atoms with Gasteiger partial charge in [-0.2, -0.15) is 4.98 Å². The van der Waals surface area contributed by atoms with Gasteiger partial charge in [0, 0.05) is 57.0 Å². The Morgan fingerprint density at radius 2 is 1.89 bits per heavy atom. The van der Waals surface area contributed by atoms with Crippen LogP contribution in [0.5, 0.6) is 0 Å². The van der Waals surface area contributed by atoms with E-state index in [0.717, 1.165) is 40.4 Å². The van der Waals surface area contributed by atoms with E-state index in [0.29, 0.717) is 17.2 Å². The van der Waals surface area contributed by atoms with Gasteiger partial charge in [0.25, 0.3) is 5.91 Å². The Bertz CT molecular complexity index is 1710. The zero-order chi connectivity index (χ0) is 26.4. The predicted molar refractivity (Wildman–Crippen MR) is 147 cm³/mol. The molecule has 0 aliphatic heterocycles. The molecule has 3 heterocycles. The molecule has 1 aliphatic rings. The van der Waals surface area contributed by atoms with Gasteiger partial charge in [0.15, 0.2) is 5.65 Å². The molecular formula is C28H27FN6O2Si. The summed E-state index contributed by atoms with van der Waals surface area (Å²) in [6.45, 7) is 2.10. The highest BCUT2D eigenvalue weighted by Crippen LogP contribution is 2.31. The van der Waals surface area contributed by atoms with Crippen LogP contribution in [0.25, 0.3) is 27.7 Å². The minimum absolute atomic E-state index is 0.0353. The average Bonchev–Trinajstić information content (AvgIpc) is 3.62. The fourth-order valence-corrected chi connectivity index (χ4v) is 5.91. The summed E-state index contributed by atoms with van der Waals surface area (Å²) in [5, 5.41) is 11.2. The SMILES string of the molecule is C[SiH2]C(NC(=O)c1cn(C)c2ccc(-c3ccc4nc(NC(=O)C5CC5)nn4c3)cc12)c1cccc(F)c1. The molecule has 1 saturated carbocycles. The first-order valence-corrected chi connectivity index (χ1v) is 15.0. The fraction of sp³-hybridized carbons (Fsp3) is 0.214. The number of carbonyl (C=O) groups is 2. The second kappa shape index (κ2) is 9.53. The van der Waals surface area contributed by atoms with E-state index in [-0.39, 0.29) is 29.2 Å². The van der Waals surface area contributed by atoms with Gasteiger partial charge < -0.3 is 9.88 Å². The van der Waals surface area contributed by atoms with Gasteiger partial charge in [0.1, 0.15) is 5.82 Å². The van der Waals surface area contributed by atoms with Crippen LogP contribution >= 0.6 is 0 Å². The highest BCUT2D eigenvalue weighted by atomic mass is 28.2. The lowest BCUT2D eigenvalue weighted by molar-refractivity contribution is -0.117. The van der Waals surface area contributed by atoms with Gasteiger partial charge in [-0.15, -0.1) is 5.10 Å². The Kier molecular flexibility index (Phi) is 6.03. The Hall–Kier alpha value is -4.31. The molecule has 0 spiro atoms. The van der Waals surface area contributed by atoms with Gasteiger partial charge >= 0.3 is 0 Å². The zero-order valence-electron chi connectivity index (χ0n) is 21.1. The summed E-state index contributed by atoms with van der Waals surface area (Å²) in [6, 6.07) is 16.2. The van der Waals surface area contributed by atoms with Gasteiger partial charge in [0.2, 0.25) is 11.9 Å². The van der Waals surface area contributed by atoms with Crippen LogP contribution in [0.4, 0.5) is 10.3 Å². The first-order valence-electron chi connectivity index (χ1n) is 12.7. The van der Waals surface area contributed by atoms with Crippen molar-refractivity contribution in [3.63, 3.8) is 0 Å². The Morgan fingerprint density at radius 1 is 1.08 bits per heavy atom. The van der Waals surface area contributed by atoms with E-state index in [2.05, 4.69) is 27.3 Å². The normalized spacial score (nSPS) is 14.4. The molecule has 1 unspecified atom stereocenters. The first-order chi connectivity index (χ1) is 18.4. The number of rotatable bonds is 7. The average molecular weight is 527 g/mol. The van der Waals surface area contributed by atoms with E-state index in [1.807, 2.05) is 60.4 Å². The molecule has 3 aromatic heterocycles. The summed E-state index contributed by atoms with van der Waals surface area (Å²) in [5.74, 6) is -0.152. The summed E-state index contributed by atoms with van der Waals surface area (Å²) in [5.41, 5.74) is 4.58. The van der Waals surface area contributed by atoms with Crippen molar-refractivity contribution in [3.05, 3.63) is 83.9 Å².